The summed E-state index contributed by atoms with van der Waals surface area (Å²) < 4.78 is 51.5. The van der Waals surface area contributed by atoms with Crippen molar-refractivity contribution in [2.24, 2.45) is 0 Å². The van der Waals surface area contributed by atoms with Gasteiger partial charge in [0.1, 0.15) is 0 Å². The molecule has 9 heteroatoms. The highest BCUT2D eigenvalue weighted by atomic mass is 32.2. The molecule has 0 saturated carbocycles. The molecule has 0 bridgehead atoms. The Kier molecular flexibility index (Phi) is 7.56. The molecule has 2 rings (SSSR count). The van der Waals surface area contributed by atoms with Crippen molar-refractivity contribution >= 4 is 25.8 Å². The van der Waals surface area contributed by atoms with E-state index in [1.807, 2.05) is 0 Å². The van der Waals surface area contributed by atoms with Crippen molar-refractivity contribution in [3.8, 4) is 0 Å². The average molecular weight is 439 g/mol. The normalized spacial score (nSPS) is 12.1. The van der Waals surface area contributed by atoms with Crippen LogP contribution in [0.5, 0.6) is 0 Å². The van der Waals surface area contributed by atoms with Gasteiger partial charge in [0.15, 0.2) is 9.84 Å². The minimum atomic E-state index is -3.71. The van der Waals surface area contributed by atoms with E-state index in [9.17, 15) is 21.6 Å². The predicted molar refractivity (Wildman–Crippen MR) is 112 cm³/mol. The fraction of sp³-hybridized carbons (Fsp3) is 0.350. The van der Waals surface area contributed by atoms with Crippen LogP contribution in [0.1, 0.15) is 29.8 Å². The van der Waals surface area contributed by atoms with E-state index >= 15 is 0 Å². The molecule has 29 heavy (non-hydrogen) atoms. The van der Waals surface area contributed by atoms with E-state index in [2.05, 4.69) is 5.32 Å². The first-order valence-corrected chi connectivity index (χ1v) is 12.4. The summed E-state index contributed by atoms with van der Waals surface area (Å²) in [6.07, 6.45) is 0. The van der Waals surface area contributed by atoms with Crippen molar-refractivity contribution in [1.29, 1.82) is 0 Å². The van der Waals surface area contributed by atoms with Crippen molar-refractivity contribution in [3.63, 3.8) is 0 Å². The van der Waals surface area contributed by atoms with Crippen molar-refractivity contribution in [3.05, 3.63) is 59.7 Å². The Labute approximate surface area is 172 Å². The molecule has 0 spiro atoms. The van der Waals surface area contributed by atoms with Gasteiger partial charge in [-0.05, 0) is 36.8 Å². The van der Waals surface area contributed by atoms with Crippen LogP contribution in [0.2, 0.25) is 0 Å². The molecule has 0 heterocycles. The summed E-state index contributed by atoms with van der Waals surface area (Å²) in [4.78, 5) is 12.7. The van der Waals surface area contributed by atoms with Crippen LogP contribution < -0.4 is 5.32 Å². The molecule has 0 aliphatic heterocycles. The van der Waals surface area contributed by atoms with Gasteiger partial charge in [-0.3, -0.25) is 4.79 Å². The Hall–Kier alpha value is -2.23. The minimum absolute atomic E-state index is 0.0748. The summed E-state index contributed by atoms with van der Waals surface area (Å²) in [6.45, 7) is 5.74. The first-order valence-electron chi connectivity index (χ1n) is 9.30. The monoisotopic (exact) mass is 438 g/mol. The maximum Gasteiger partial charge on any atom is 0.251 e. The van der Waals surface area contributed by atoms with E-state index in [0.717, 1.165) is 0 Å². The molecule has 0 unspecified atom stereocenters. The summed E-state index contributed by atoms with van der Waals surface area (Å²) in [5.41, 5.74) is 0.707. The van der Waals surface area contributed by atoms with Crippen LogP contribution in [-0.2, 0) is 19.9 Å². The number of nitrogens with one attached hydrogen (secondary N) is 1. The summed E-state index contributed by atoms with van der Waals surface area (Å²) >= 11 is 0. The molecule has 2 aromatic rings. The summed E-state index contributed by atoms with van der Waals surface area (Å²) in [5, 5.41) is 2.55. The van der Waals surface area contributed by atoms with Gasteiger partial charge in [0, 0.05) is 25.2 Å². The zero-order valence-electron chi connectivity index (χ0n) is 16.8. The molecule has 0 saturated heterocycles. The third kappa shape index (κ3) is 5.43. The van der Waals surface area contributed by atoms with E-state index < -0.39 is 25.8 Å². The number of carbonyl (C=O) groups is 1. The topological polar surface area (TPSA) is 101 Å². The van der Waals surface area contributed by atoms with E-state index in [1.165, 1.54) is 28.6 Å². The van der Waals surface area contributed by atoms with Crippen LogP contribution in [0.25, 0.3) is 0 Å². The number of hydrogen-bond donors (Lipinski definition) is 1. The lowest BCUT2D eigenvalue weighted by atomic mass is 10.1. The van der Waals surface area contributed by atoms with Gasteiger partial charge in [-0.1, -0.05) is 38.1 Å². The van der Waals surface area contributed by atoms with Gasteiger partial charge in [-0.15, -0.1) is 0 Å². The smallest absolute Gasteiger partial charge is 0.251 e. The SMILES string of the molecule is CCN(CC)S(=O)(=O)c1cc(C(=O)NCCS(=O)(=O)c2ccccc2)ccc1C. The number of hydrogen-bond acceptors (Lipinski definition) is 5. The molecule has 1 N–H and O–H groups in total. The second kappa shape index (κ2) is 9.51. The molecule has 0 aliphatic carbocycles. The highest BCUT2D eigenvalue weighted by molar-refractivity contribution is 7.91. The number of sulfonamides is 1. The minimum Gasteiger partial charge on any atom is -0.351 e. The van der Waals surface area contributed by atoms with E-state index in [-0.39, 0.29) is 27.7 Å². The number of amides is 1. The van der Waals surface area contributed by atoms with Gasteiger partial charge in [0.2, 0.25) is 10.0 Å². The van der Waals surface area contributed by atoms with Crippen LogP contribution in [0.4, 0.5) is 0 Å². The van der Waals surface area contributed by atoms with Crippen LogP contribution in [0, 0.1) is 6.92 Å². The highest BCUT2D eigenvalue weighted by Crippen LogP contribution is 2.21. The fourth-order valence-electron chi connectivity index (χ4n) is 2.87. The lowest BCUT2D eigenvalue weighted by molar-refractivity contribution is 0.0956. The Morgan fingerprint density at radius 3 is 2.17 bits per heavy atom. The summed E-state index contributed by atoms with van der Waals surface area (Å²) in [7, 11) is -7.22. The molecule has 0 aliphatic rings. The summed E-state index contributed by atoms with van der Waals surface area (Å²) in [6, 6.07) is 12.4. The van der Waals surface area contributed by atoms with Gasteiger partial charge in [-0.2, -0.15) is 4.31 Å². The van der Waals surface area contributed by atoms with Gasteiger partial charge >= 0.3 is 0 Å². The highest BCUT2D eigenvalue weighted by Gasteiger charge is 2.24. The molecule has 0 radical (unpaired) electrons. The van der Waals surface area contributed by atoms with Gasteiger partial charge in [0.25, 0.3) is 5.91 Å². The van der Waals surface area contributed by atoms with E-state index in [0.29, 0.717) is 18.7 Å². The van der Waals surface area contributed by atoms with Crippen molar-refractivity contribution in [2.75, 3.05) is 25.4 Å². The van der Waals surface area contributed by atoms with Crippen LogP contribution >= 0.6 is 0 Å². The number of benzene rings is 2. The zero-order chi connectivity index (χ0) is 21.7. The molecule has 1 amide bonds. The molecule has 0 atom stereocenters. The van der Waals surface area contributed by atoms with Crippen molar-refractivity contribution < 1.29 is 21.6 Å². The Bertz CT molecular complexity index is 1060. The number of carbonyl (C=O) groups excluding carboxylic acids is 1. The quantitative estimate of drug-likeness (QED) is 0.647. The number of nitrogens with zero attached hydrogens (tertiary/aromatic N) is 1. The third-order valence-electron chi connectivity index (χ3n) is 4.53. The molecule has 0 aromatic heterocycles. The van der Waals surface area contributed by atoms with Gasteiger partial charge < -0.3 is 5.32 Å². The predicted octanol–water partition coefficient (Wildman–Crippen LogP) is 2.23. The van der Waals surface area contributed by atoms with Gasteiger partial charge in [0.05, 0.1) is 15.5 Å². The molecule has 0 fully saturated rings. The second-order valence-electron chi connectivity index (χ2n) is 6.46. The second-order valence-corrected chi connectivity index (χ2v) is 10.5. The van der Waals surface area contributed by atoms with Crippen molar-refractivity contribution in [2.45, 2.75) is 30.6 Å². The maximum atomic E-state index is 12.8. The number of rotatable bonds is 9. The Morgan fingerprint density at radius 2 is 1.59 bits per heavy atom. The maximum absolute atomic E-state index is 12.8. The first-order chi connectivity index (χ1) is 13.6. The number of sulfone groups is 1. The number of aryl methyl sites for hydroxylation is 1. The van der Waals surface area contributed by atoms with Crippen LogP contribution in [0.15, 0.2) is 58.3 Å². The summed E-state index contributed by atoms with van der Waals surface area (Å²) in [5.74, 6) is -0.775. The average Bonchev–Trinajstić information content (AvgIpc) is 2.69. The van der Waals surface area contributed by atoms with Gasteiger partial charge in [-0.25, -0.2) is 16.8 Å². The zero-order valence-corrected chi connectivity index (χ0v) is 18.4. The Morgan fingerprint density at radius 1 is 0.966 bits per heavy atom. The van der Waals surface area contributed by atoms with Crippen LogP contribution in [0.3, 0.4) is 0 Å². The molecule has 158 valence electrons. The fourth-order valence-corrected chi connectivity index (χ4v) is 5.76. The lowest BCUT2D eigenvalue weighted by Crippen LogP contribution is -2.32. The molecular formula is C20H26N2O5S2. The van der Waals surface area contributed by atoms with Crippen molar-refractivity contribution in [1.82, 2.24) is 9.62 Å². The molecular weight excluding hydrogens is 412 g/mol. The standard InChI is InChI=1S/C20H26N2O5S2/c1-4-22(5-2)29(26,27)19-15-17(12-11-16(19)3)20(23)21-13-14-28(24,25)18-9-7-6-8-10-18/h6-12,15H,4-5,13-14H2,1-3H3,(H,21,23). The molecule has 7 nitrogen and oxygen atoms in total. The largest absolute Gasteiger partial charge is 0.351 e. The van der Waals surface area contributed by atoms with E-state index in [4.69, 9.17) is 0 Å². The Balaban J connectivity index is 2.14. The van der Waals surface area contributed by atoms with E-state index in [1.54, 1.807) is 45.0 Å². The third-order valence-corrected chi connectivity index (χ3v) is 8.46. The molecule has 2 aromatic carbocycles. The first kappa shape index (κ1) is 23.1. The lowest BCUT2D eigenvalue weighted by Gasteiger charge is -2.20. The van der Waals surface area contributed by atoms with Crippen LogP contribution in [-0.4, -0.2) is 52.4 Å².